The summed E-state index contributed by atoms with van der Waals surface area (Å²) in [6.45, 7) is 0. The fraction of sp³-hybridized carbons (Fsp3) is 0.333. The normalized spacial score (nSPS) is 17.6. The van der Waals surface area contributed by atoms with Gasteiger partial charge in [0.25, 0.3) is 5.91 Å². The first-order valence-electron chi connectivity index (χ1n) is 8.15. The number of hydrogen-bond acceptors (Lipinski definition) is 3. The van der Waals surface area contributed by atoms with Gasteiger partial charge in [-0.3, -0.25) is 4.79 Å². The molecule has 0 aliphatic heterocycles. The molecule has 1 N–H and O–H groups in total. The number of carbonyl (C=O) groups is 1. The molecule has 5 heteroatoms. The molecule has 3 aromatic heterocycles. The number of hydrogen-bond donors (Lipinski definition) is 1. The number of anilines is 1. The van der Waals surface area contributed by atoms with Crippen LogP contribution in [0.5, 0.6) is 0 Å². The minimum Gasteiger partial charge on any atom is -0.465 e. The van der Waals surface area contributed by atoms with Crippen molar-refractivity contribution >= 4 is 17.2 Å². The standard InChI is InChI=1S/C18H17N3O2/c22-18(20-13-5-6-16-19-7-8-21(16)10-13)14-9-15(11-1-2-11)23-17(14)12-3-4-12/h5-12H,1-4H2,(H,20,22). The Balaban J connectivity index is 1.45. The van der Waals surface area contributed by atoms with Gasteiger partial charge in [0.2, 0.25) is 0 Å². The van der Waals surface area contributed by atoms with Crippen molar-refractivity contribution in [3.63, 3.8) is 0 Å². The van der Waals surface area contributed by atoms with Crippen molar-refractivity contribution in [2.24, 2.45) is 0 Å². The van der Waals surface area contributed by atoms with Crippen LogP contribution in [0, 0.1) is 0 Å². The molecule has 23 heavy (non-hydrogen) atoms. The van der Waals surface area contributed by atoms with E-state index < -0.39 is 0 Å². The smallest absolute Gasteiger partial charge is 0.259 e. The van der Waals surface area contributed by atoms with Gasteiger partial charge in [0.1, 0.15) is 17.2 Å². The Kier molecular flexibility index (Phi) is 2.65. The molecule has 2 aliphatic rings. The summed E-state index contributed by atoms with van der Waals surface area (Å²) in [6.07, 6.45) is 10.1. The van der Waals surface area contributed by atoms with Crippen LogP contribution in [0.1, 0.15) is 59.4 Å². The summed E-state index contributed by atoms with van der Waals surface area (Å²) in [6, 6.07) is 5.72. The molecular weight excluding hydrogens is 290 g/mol. The second-order valence-electron chi connectivity index (χ2n) is 6.54. The van der Waals surface area contributed by atoms with Gasteiger partial charge in [-0.15, -0.1) is 0 Å². The molecule has 0 radical (unpaired) electrons. The summed E-state index contributed by atoms with van der Waals surface area (Å²) < 4.78 is 7.89. The lowest BCUT2D eigenvalue weighted by atomic mass is 10.1. The third-order valence-corrected chi connectivity index (χ3v) is 4.60. The zero-order valence-electron chi connectivity index (χ0n) is 12.7. The highest BCUT2D eigenvalue weighted by atomic mass is 16.3. The van der Waals surface area contributed by atoms with Gasteiger partial charge in [-0.2, -0.15) is 0 Å². The fourth-order valence-corrected chi connectivity index (χ4v) is 3.01. The molecular formula is C18H17N3O2. The van der Waals surface area contributed by atoms with E-state index in [0.717, 1.165) is 35.7 Å². The molecule has 0 spiro atoms. The molecule has 2 aliphatic carbocycles. The summed E-state index contributed by atoms with van der Waals surface area (Å²) in [5.74, 6) is 2.74. The van der Waals surface area contributed by atoms with Crippen LogP contribution in [-0.4, -0.2) is 15.3 Å². The Morgan fingerprint density at radius 3 is 2.83 bits per heavy atom. The third-order valence-electron chi connectivity index (χ3n) is 4.60. The highest BCUT2D eigenvalue weighted by Gasteiger charge is 2.36. The number of aromatic nitrogens is 2. The summed E-state index contributed by atoms with van der Waals surface area (Å²) in [5.41, 5.74) is 2.33. The predicted molar refractivity (Wildman–Crippen MR) is 85.8 cm³/mol. The minimum atomic E-state index is -0.0815. The molecule has 2 fully saturated rings. The number of imidazole rings is 1. The van der Waals surface area contributed by atoms with Gasteiger partial charge in [-0.05, 0) is 43.9 Å². The Morgan fingerprint density at radius 1 is 1.22 bits per heavy atom. The molecule has 116 valence electrons. The van der Waals surface area contributed by atoms with Crippen molar-refractivity contribution in [1.29, 1.82) is 0 Å². The lowest BCUT2D eigenvalue weighted by Crippen LogP contribution is -2.13. The van der Waals surface area contributed by atoms with Gasteiger partial charge in [0, 0.05) is 30.4 Å². The maximum atomic E-state index is 12.7. The van der Waals surface area contributed by atoms with Gasteiger partial charge < -0.3 is 14.1 Å². The average Bonchev–Trinajstić information content (AvgIpc) is 3.48. The van der Waals surface area contributed by atoms with Crippen LogP contribution in [-0.2, 0) is 0 Å². The Hall–Kier alpha value is -2.56. The third kappa shape index (κ3) is 2.32. The van der Waals surface area contributed by atoms with Crippen molar-refractivity contribution < 1.29 is 9.21 Å². The van der Waals surface area contributed by atoms with Gasteiger partial charge in [-0.25, -0.2) is 4.98 Å². The monoisotopic (exact) mass is 307 g/mol. The summed E-state index contributed by atoms with van der Waals surface area (Å²) in [5, 5.41) is 2.99. The fourth-order valence-electron chi connectivity index (χ4n) is 3.01. The first-order valence-corrected chi connectivity index (χ1v) is 8.15. The van der Waals surface area contributed by atoms with Gasteiger partial charge in [-0.1, -0.05) is 0 Å². The number of carbonyl (C=O) groups excluding carboxylic acids is 1. The van der Waals surface area contributed by atoms with Crippen LogP contribution in [0.2, 0.25) is 0 Å². The Labute approximate surface area is 133 Å². The van der Waals surface area contributed by atoms with E-state index >= 15 is 0 Å². The lowest BCUT2D eigenvalue weighted by molar-refractivity contribution is 0.102. The van der Waals surface area contributed by atoms with Crippen molar-refractivity contribution in [3.05, 3.63) is 53.9 Å². The van der Waals surface area contributed by atoms with Crippen molar-refractivity contribution in [3.8, 4) is 0 Å². The van der Waals surface area contributed by atoms with Crippen LogP contribution in [0.3, 0.4) is 0 Å². The van der Waals surface area contributed by atoms with E-state index in [1.165, 1.54) is 12.8 Å². The molecule has 3 heterocycles. The molecule has 0 saturated heterocycles. The molecule has 2 saturated carbocycles. The molecule has 0 unspecified atom stereocenters. The Morgan fingerprint density at radius 2 is 2.04 bits per heavy atom. The molecule has 0 bridgehead atoms. The zero-order chi connectivity index (χ0) is 15.4. The molecule has 1 amide bonds. The van der Waals surface area contributed by atoms with E-state index in [1.54, 1.807) is 6.20 Å². The number of nitrogens with one attached hydrogen (secondary N) is 1. The number of furan rings is 1. The largest absolute Gasteiger partial charge is 0.465 e. The summed E-state index contributed by atoms with van der Waals surface area (Å²) in [7, 11) is 0. The maximum absolute atomic E-state index is 12.7. The van der Waals surface area contributed by atoms with Crippen LogP contribution < -0.4 is 5.32 Å². The molecule has 3 aromatic rings. The summed E-state index contributed by atoms with van der Waals surface area (Å²) >= 11 is 0. The molecule has 0 atom stereocenters. The number of pyridine rings is 1. The van der Waals surface area contributed by atoms with E-state index in [-0.39, 0.29) is 5.91 Å². The first-order chi connectivity index (χ1) is 11.3. The van der Waals surface area contributed by atoms with E-state index in [1.807, 2.05) is 35.0 Å². The van der Waals surface area contributed by atoms with Crippen LogP contribution in [0.4, 0.5) is 5.69 Å². The van der Waals surface area contributed by atoms with E-state index in [0.29, 0.717) is 17.4 Å². The van der Waals surface area contributed by atoms with Crippen molar-refractivity contribution in [2.75, 3.05) is 5.32 Å². The summed E-state index contributed by atoms with van der Waals surface area (Å²) in [4.78, 5) is 16.9. The van der Waals surface area contributed by atoms with Crippen LogP contribution >= 0.6 is 0 Å². The van der Waals surface area contributed by atoms with Crippen molar-refractivity contribution in [2.45, 2.75) is 37.5 Å². The lowest BCUT2D eigenvalue weighted by Gasteiger charge is -2.05. The second kappa shape index (κ2) is 4.72. The van der Waals surface area contributed by atoms with E-state index in [9.17, 15) is 4.79 Å². The highest BCUT2D eigenvalue weighted by Crippen LogP contribution is 2.47. The number of fused-ring (bicyclic) bond motifs is 1. The second-order valence-corrected chi connectivity index (χ2v) is 6.54. The highest BCUT2D eigenvalue weighted by molar-refractivity contribution is 6.05. The first kappa shape index (κ1) is 12.9. The van der Waals surface area contributed by atoms with Gasteiger partial charge in [0.15, 0.2) is 0 Å². The van der Waals surface area contributed by atoms with Crippen LogP contribution in [0.25, 0.3) is 5.65 Å². The zero-order valence-corrected chi connectivity index (χ0v) is 12.7. The van der Waals surface area contributed by atoms with Gasteiger partial charge in [0.05, 0.1) is 11.3 Å². The van der Waals surface area contributed by atoms with Crippen LogP contribution in [0.15, 0.2) is 41.2 Å². The van der Waals surface area contributed by atoms with Crippen molar-refractivity contribution in [1.82, 2.24) is 9.38 Å². The topological polar surface area (TPSA) is 59.5 Å². The van der Waals surface area contributed by atoms with E-state index in [4.69, 9.17) is 4.42 Å². The average molecular weight is 307 g/mol. The molecule has 5 nitrogen and oxygen atoms in total. The quantitative estimate of drug-likeness (QED) is 0.794. The molecule has 5 rings (SSSR count). The number of rotatable bonds is 4. The predicted octanol–water partition coefficient (Wildman–Crippen LogP) is 3.93. The van der Waals surface area contributed by atoms with E-state index in [2.05, 4.69) is 10.3 Å². The minimum absolute atomic E-state index is 0.0815. The van der Waals surface area contributed by atoms with Gasteiger partial charge >= 0.3 is 0 Å². The SMILES string of the molecule is O=C(Nc1ccc2nccn2c1)c1cc(C2CC2)oc1C1CC1. The molecule has 0 aromatic carbocycles. The maximum Gasteiger partial charge on any atom is 0.259 e. The number of amides is 1. The number of nitrogens with zero attached hydrogens (tertiary/aromatic N) is 2. The Bertz CT molecular complexity index is 900.